The van der Waals surface area contributed by atoms with Crippen molar-refractivity contribution < 1.29 is 4.74 Å². The van der Waals surface area contributed by atoms with Crippen molar-refractivity contribution in [2.24, 2.45) is 0 Å². The molecule has 0 radical (unpaired) electrons. The van der Waals surface area contributed by atoms with E-state index in [4.69, 9.17) is 16.3 Å². The highest BCUT2D eigenvalue weighted by Gasteiger charge is 2.27. The molecule has 1 saturated carbocycles. The van der Waals surface area contributed by atoms with Crippen molar-refractivity contribution in [1.29, 1.82) is 0 Å². The minimum absolute atomic E-state index is 0.516. The predicted octanol–water partition coefficient (Wildman–Crippen LogP) is 3.59. The Labute approximate surface area is 108 Å². The molecule has 3 heteroatoms. The van der Waals surface area contributed by atoms with E-state index in [-0.39, 0.29) is 0 Å². The number of hydrogen-bond donors (Lipinski definition) is 1. The van der Waals surface area contributed by atoms with Crippen molar-refractivity contribution in [3.05, 3.63) is 28.8 Å². The van der Waals surface area contributed by atoms with E-state index in [1.54, 1.807) is 7.11 Å². The number of rotatable bonds is 3. The van der Waals surface area contributed by atoms with E-state index in [1.807, 2.05) is 19.2 Å². The number of ether oxygens (including phenoxy) is 1. The minimum atomic E-state index is 0.516. The van der Waals surface area contributed by atoms with Gasteiger partial charge in [-0.3, -0.25) is 0 Å². The quantitative estimate of drug-likeness (QED) is 0.889. The molecule has 2 unspecified atom stereocenters. The molecular weight excluding hydrogens is 234 g/mol. The van der Waals surface area contributed by atoms with E-state index in [9.17, 15) is 0 Å². The summed E-state index contributed by atoms with van der Waals surface area (Å²) in [5.41, 5.74) is 1.25. The molecule has 0 bridgehead atoms. The lowest BCUT2D eigenvalue weighted by atomic mass is 9.79. The highest BCUT2D eigenvalue weighted by Crippen LogP contribution is 2.38. The third-order valence-electron chi connectivity index (χ3n) is 3.73. The van der Waals surface area contributed by atoms with Crippen molar-refractivity contribution in [2.75, 3.05) is 14.2 Å². The summed E-state index contributed by atoms with van der Waals surface area (Å²) in [6.45, 7) is 0. The van der Waals surface area contributed by atoms with Crippen LogP contribution in [0.25, 0.3) is 0 Å². The van der Waals surface area contributed by atoms with Crippen LogP contribution in [0.1, 0.15) is 37.2 Å². The molecule has 2 nitrogen and oxygen atoms in total. The van der Waals surface area contributed by atoms with E-state index in [1.165, 1.54) is 31.2 Å². The predicted molar refractivity (Wildman–Crippen MR) is 72.1 cm³/mol. The first kappa shape index (κ1) is 12.7. The molecule has 1 fully saturated rings. The first-order chi connectivity index (χ1) is 8.26. The highest BCUT2D eigenvalue weighted by molar-refractivity contribution is 6.30. The van der Waals surface area contributed by atoms with Gasteiger partial charge in [-0.25, -0.2) is 0 Å². The fourth-order valence-electron chi connectivity index (χ4n) is 2.84. The molecule has 0 spiro atoms. The van der Waals surface area contributed by atoms with Crippen LogP contribution in [0.2, 0.25) is 5.02 Å². The Morgan fingerprint density at radius 1 is 1.29 bits per heavy atom. The Kier molecular flexibility index (Phi) is 4.30. The maximum atomic E-state index is 6.11. The summed E-state index contributed by atoms with van der Waals surface area (Å²) in [6, 6.07) is 6.46. The summed E-state index contributed by atoms with van der Waals surface area (Å²) in [5.74, 6) is 1.48. The molecule has 1 aliphatic rings. The van der Waals surface area contributed by atoms with Gasteiger partial charge in [0.15, 0.2) is 0 Å². The van der Waals surface area contributed by atoms with Crippen LogP contribution in [-0.4, -0.2) is 20.2 Å². The van der Waals surface area contributed by atoms with Crippen molar-refractivity contribution in [3.8, 4) is 5.75 Å². The smallest absolute Gasteiger partial charge is 0.122 e. The second-order valence-corrected chi connectivity index (χ2v) is 5.11. The van der Waals surface area contributed by atoms with Crippen LogP contribution in [0.5, 0.6) is 5.75 Å². The zero-order chi connectivity index (χ0) is 12.3. The van der Waals surface area contributed by atoms with Gasteiger partial charge in [0.25, 0.3) is 0 Å². The number of halogens is 1. The summed E-state index contributed by atoms with van der Waals surface area (Å²) in [7, 11) is 3.77. The molecule has 1 aliphatic carbocycles. The SMILES string of the molecule is CNC1CCCCC1c1cc(Cl)ccc1OC. The summed E-state index contributed by atoms with van der Waals surface area (Å²) in [5, 5.41) is 4.22. The van der Waals surface area contributed by atoms with E-state index in [0.29, 0.717) is 12.0 Å². The van der Waals surface area contributed by atoms with Gasteiger partial charge in [-0.2, -0.15) is 0 Å². The topological polar surface area (TPSA) is 21.3 Å². The Morgan fingerprint density at radius 3 is 2.76 bits per heavy atom. The lowest BCUT2D eigenvalue weighted by molar-refractivity contribution is 0.330. The van der Waals surface area contributed by atoms with Gasteiger partial charge in [0.1, 0.15) is 5.75 Å². The molecular formula is C14H20ClNO. The molecule has 17 heavy (non-hydrogen) atoms. The zero-order valence-corrected chi connectivity index (χ0v) is 11.3. The Bertz CT molecular complexity index is 380. The van der Waals surface area contributed by atoms with E-state index >= 15 is 0 Å². The van der Waals surface area contributed by atoms with Crippen LogP contribution in [0, 0.1) is 0 Å². The van der Waals surface area contributed by atoms with Crippen molar-refractivity contribution in [1.82, 2.24) is 5.32 Å². The van der Waals surface area contributed by atoms with Gasteiger partial charge in [-0.15, -0.1) is 0 Å². The van der Waals surface area contributed by atoms with Gasteiger partial charge in [0, 0.05) is 22.5 Å². The standard InChI is InChI=1S/C14H20ClNO/c1-16-13-6-4-3-5-11(13)12-9-10(15)7-8-14(12)17-2/h7-9,11,13,16H,3-6H2,1-2H3. The average Bonchev–Trinajstić information content (AvgIpc) is 2.38. The first-order valence-electron chi connectivity index (χ1n) is 6.27. The van der Waals surface area contributed by atoms with Crippen LogP contribution in [0.4, 0.5) is 0 Å². The van der Waals surface area contributed by atoms with Gasteiger partial charge in [0.2, 0.25) is 0 Å². The van der Waals surface area contributed by atoms with Crippen molar-refractivity contribution >= 4 is 11.6 Å². The first-order valence-corrected chi connectivity index (χ1v) is 6.64. The average molecular weight is 254 g/mol. The van der Waals surface area contributed by atoms with E-state index in [0.717, 1.165) is 10.8 Å². The number of methoxy groups -OCH3 is 1. The van der Waals surface area contributed by atoms with Crippen LogP contribution >= 0.6 is 11.6 Å². The number of nitrogens with one attached hydrogen (secondary N) is 1. The molecule has 94 valence electrons. The molecule has 2 rings (SSSR count). The Balaban J connectivity index is 2.33. The van der Waals surface area contributed by atoms with Gasteiger partial charge >= 0.3 is 0 Å². The molecule has 1 aromatic carbocycles. The number of hydrogen-bond acceptors (Lipinski definition) is 2. The third kappa shape index (κ3) is 2.75. The van der Waals surface area contributed by atoms with Gasteiger partial charge in [0.05, 0.1) is 7.11 Å². The maximum Gasteiger partial charge on any atom is 0.122 e. The monoisotopic (exact) mass is 253 g/mol. The lowest BCUT2D eigenvalue weighted by Crippen LogP contribution is -2.34. The Morgan fingerprint density at radius 2 is 2.06 bits per heavy atom. The summed E-state index contributed by atoms with van der Waals surface area (Å²) in [4.78, 5) is 0. The summed E-state index contributed by atoms with van der Waals surface area (Å²) < 4.78 is 5.46. The number of likely N-dealkylation sites (N-methyl/N-ethyl adjacent to an activating group) is 1. The lowest BCUT2D eigenvalue weighted by Gasteiger charge is -2.32. The largest absolute Gasteiger partial charge is 0.496 e. The van der Waals surface area contributed by atoms with Crippen molar-refractivity contribution in [2.45, 2.75) is 37.6 Å². The fourth-order valence-corrected chi connectivity index (χ4v) is 3.02. The molecule has 0 amide bonds. The minimum Gasteiger partial charge on any atom is -0.496 e. The van der Waals surface area contributed by atoms with Crippen LogP contribution < -0.4 is 10.1 Å². The second kappa shape index (κ2) is 5.74. The normalized spacial score (nSPS) is 24.6. The van der Waals surface area contributed by atoms with Gasteiger partial charge < -0.3 is 10.1 Å². The highest BCUT2D eigenvalue weighted by atomic mass is 35.5. The molecule has 0 aliphatic heterocycles. The second-order valence-electron chi connectivity index (χ2n) is 4.67. The summed E-state index contributed by atoms with van der Waals surface area (Å²) in [6.07, 6.45) is 5.04. The fraction of sp³-hybridized carbons (Fsp3) is 0.571. The maximum absolute atomic E-state index is 6.11. The van der Waals surface area contributed by atoms with Gasteiger partial charge in [-0.05, 0) is 38.1 Å². The van der Waals surface area contributed by atoms with E-state index in [2.05, 4.69) is 11.4 Å². The molecule has 2 atom stereocenters. The van der Waals surface area contributed by atoms with Gasteiger partial charge in [-0.1, -0.05) is 24.4 Å². The molecule has 0 saturated heterocycles. The summed E-state index contributed by atoms with van der Waals surface area (Å²) >= 11 is 6.11. The van der Waals surface area contributed by atoms with E-state index < -0.39 is 0 Å². The molecule has 1 aromatic rings. The van der Waals surface area contributed by atoms with Crippen LogP contribution in [0.3, 0.4) is 0 Å². The zero-order valence-electron chi connectivity index (χ0n) is 10.5. The molecule has 1 N–H and O–H groups in total. The number of benzene rings is 1. The van der Waals surface area contributed by atoms with Crippen molar-refractivity contribution in [3.63, 3.8) is 0 Å². The van der Waals surface area contributed by atoms with Crippen LogP contribution in [0.15, 0.2) is 18.2 Å². The third-order valence-corrected chi connectivity index (χ3v) is 3.96. The molecule has 0 heterocycles. The Hall–Kier alpha value is -0.730. The van der Waals surface area contributed by atoms with Crippen LogP contribution in [-0.2, 0) is 0 Å². The molecule has 0 aromatic heterocycles.